The summed E-state index contributed by atoms with van der Waals surface area (Å²) in [6, 6.07) is 0. The zero-order valence-corrected chi connectivity index (χ0v) is 5.91. The van der Waals surface area contributed by atoms with E-state index in [1.165, 1.54) is 5.75 Å². The van der Waals surface area contributed by atoms with Gasteiger partial charge in [0, 0.05) is 11.7 Å². The largest absolute Gasteiger partial charge is 0.294 e. The molecule has 3 N–H and O–H groups in total. The maximum Gasteiger partial charge on any atom is 0.234 e. The normalized spacial score (nSPS) is 24.8. The second kappa shape index (κ2) is 3.08. The van der Waals surface area contributed by atoms with Crippen molar-refractivity contribution in [3.8, 4) is 0 Å². The third kappa shape index (κ3) is 1.87. The monoisotopic (exact) mass is 146 g/mol. The quantitative estimate of drug-likeness (QED) is 0.324. The Kier molecular flexibility index (Phi) is 2.36. The third-order valence-corrected chi connectivity index (χ3v) is 2.71. The lowest BCUT2D eigenvalue weighted by Crippen LogP contribution is -2.33. The van der Waals surface area contributed by atoms with Gasteiger partial charge in [-0.1, -0.05) is 0 Å². The van der Waals surface area contributed by atoms with Crippen LogP contribution >= 0.6 is 11.8 Å². The van der Waals surface area contributed by atoms with Gasteiger partial charge in [-0.3, -0.25) is 10.2 Å². The standard InChI is InChI=1S/C5H10N2OS/c6-7-5(8)3-4-1-2-9-4/h4H,1-3,6H2,(H,7,8). The van der Waals surface area contributed by atoms with E-state index in [0.717, 1.165) is 6.42 Å². The molecule has 0 aliphatic carbocycles. The van der Waals surface area contributed by atoms with Gasteiger partial charge in [-0.2, -0.15) is 11.8 Å². The molecular weight excluding hydrogens is 136 g/mol. The molecule has 1 atom stereocenters. The first-order valence-corrected chi connectivity index (χ1v) is 3.99. The summed E-state index contributed by atoms with van der Waals surface area (Å²) in [5.41, 5.74) is 2.11. The average Bonchev–Trinajstić information content (AvgIpc) is 1.78. The maximum absolute atomic E-state index is 10.6. The van der Waals surface area contributed by atoms with Crippen LogP contribution in [0.5, 0.6) is 0 Å². The molecule has 1 aliphatic rings. The topological polar surface area (TPSA) is 55.1 Å². The fraction of sp³-hybridized carbons (Fsp3) is 0.800. The van der Waals surface area contributed by atoms with E-state index in [1.54, 1.807) is 0 Å². The minimum absolute atomic E-state index is 0.0489. The Bertz CT molecular complexity index is 114. The van der Waals surface area contributed by atoms with Gasteiger partial charge in [0.15, 0.2) is 0 Å². The number of hydrogen-bond acceptors (Lipinski definition) is 3. The Morgan fingerprint density at radius 3 is 2.89 bits per heavy atom. The van der Waals surface area contributed by atoms with Crippen molar-refractivity contribution in [2.45, 2.75) is 18.1 Å². The summed E-state index contributed by atoms with van der Waals surface area (Å²) >= 11 is 1.83. The molecule has 1 saturated heterocycles. The number of nitrogens with one attached hydrogen (secondary N) is 1. The highest BCUT2D eigenvalue weighted by atomic mass is 32.2. The van der Waals surface area contributed by atoms with E-state index in [-0.39, 0.29) is 5.91 Å². The fourth-order valence-electron chi connectivity index (χ4n) is 0.711. The summed E-state index contributed by atoms with van der Waals surface area (Å²) in [5, 5.41) is 0.536. The number of rotatable bonds is 2. The van der Waals surface area contributed by atoms with Crippen LogP contribution in [0.1, 0.15) is 12.8 Å². The van der Waals surface area contributed by atoms with Gasteiger partial charge < -0.3 is 0 Å². The Labute approximate surface area is 58.3 Å². The summed E-state index contributed by atoms with van der Waals surface area (Å²) in [4.78, 5) is 10.6. The minimum Gasteiger partial charge on any atom is -0.294 e. The molecule has 0 aromatic heterocycles. The number of hydrazine groups is 1. The molecule has 1 fully saturated rings. The molecule has 1 heterocycles. The van der Waals surface area contributed by atoms with E-state index in [1.807, 2.05) is 11.8 Å². The molecule has 0 bridgehead atoms. The highest BCUT2D eigenvalue weighted by molar-refractivity contribution is 8.01. The average molecular weight is 146 g/mol. The smallest absolute Gasteiger partial charge is 0.234 e. The van der Waals surface area contributed by atoms with E-state index in [9.17, 15) is 4.79 Å². The van der Waals surface area contributed by atoms with Crippen LogP contribution in [0.4, 0.5) is 0 Å². The van der Waals surface area contributed by atoms with Gasteiger partial charge in [0.25, 0.3) is 0 Å². The summed E-state index contributed by atoms with van der Waals surface area (Å²) in [5.74, 6) is 6.04. The van der Waals surface area contributed by atoms with Crippen LogP contribution in [0.2, 0.25) is 0 Å². The molecular formula is C5H10N2OS. The lowest BCUT2D eigenvalue weighted by atomic mass is 10.2. The van der Waals surface area contributed by atoms with Gasteiger partial charge in [0.1, 0.15) is 0 Å². The molecule has 9 heavy (non-hydrogen) atoms. The van der Waals surface area contributed by atoms with Crippen molar-refractivity contribution in [2.75, 3.05) is 5.75 Å². The first kappa shape index (κ1) is 6.89. The highest BCUT2D eigenvalue weighted by Gasteiger charge is 2.20. The van der Waals surface area contributed by atoms with E-state index < -0.39 is 0 Å². The van der Waals surface area contributed by atoms with Crippen molar-refractivity contribution in [3.05, 3.63) is 0 Å². The van der Waals surface area contributed by atoms with Gasteiger partial charge in [-0.15, -0.1) is 0 Å². The van der Waals surface area contributed by atoms with Crippen LogP contribution in [-0.4, -0.2) is 16.9 Å². The van der Waals surface area contributed by atoms with Gasteiger partial charge in [0.2, 0.25) is 5.91 Å². The molecule has 0 aromatic carbocycles. The molecule has 0 saturated carbocycles. The Hall–Kier alpha value is -0.220. The Balaban J connectivity index is 2.09. The molecule has 52 valence electrons. The van der Waals surface area contributed by atoms with Crippen LogP contribution in [0.3, 0.4) is 0 Å². The van der Waals surface area contributed by atoms with Gasteiger partial charge in [-0.05, 0) is 12.2 Å². The first-order chi connectivity index (χ1) is 4.33. The Morgan fingerprint density at radius 1 is 1.89 bits per heavy atom. The number of carbonyl (C=O) groups excluding carboxylic acids is 1. The van der Waals surface area contributed by atoms with Gasteiger partial charge >= 0.3 is 0 Å². The molecule has 1 unspecified atom stereocenters. The van der Waals surface area contributed by atoms with E-state index in [2.05, 4.69) is 5.43 Å². The molecule has 0 spiro atoms. The van der Waals surface area contributed by atoms with Crippen molar-refractivity contribution in [1.82, 2.24) is 5.43 Å². The third-order valence-electron chi connectivity index (χ3n) is 1.37. The van der Waals surface area contributed by atoms with Crippen LogP contribution in [0, 0.1) is 0 Å². The van der Waals surface area contributed by atoms with Gasteiger partial charge in [-0.25, -0.2) is 5.84 Å². The summed E-state index contributed by atoms with van der Waals surface area (Å²) < 4.78 is 0. The van der Waals surface area contributed by atoms with E-state index in [4.69, 9.17) is 5.84 Å². The maximum atomic E-state index is 10.6. The van der Waals surface area contributed by atoms with Crippen molar-refractivity contribution >= 4 is 17.7 Å². The second-order valence-electron chi connectivity index (χ2n) is 2.05. The summed E-state index contributed by atoms with van der Waals surface area (Å²) in [6.45, 7) is 0. The van der Waals surface area contributed by atoms with Crippen molar-refractivity contribution < 1.29 is 4.79 Å². The van der Waals surface area contributed by atoms with Crippen molar-refractivity contribution in [1.29, 1.82) is 0 Å². The van der Waals surface area contributed by atoms with Crippen LogP contribution in [0.15, 0.2) is 0 Å². The number of nitrogens with two attached hydrogens (primary N) is 1. The molecule has 1 aliphatic heterocycles. The molecule has 3 nitrogen and oxygen atoms in total. The highest BCUT2D eigenvalue weighted by Crippen LogP contribution is 2.29. The summed E-state index contributed by atoms with van der Waals surface area (Å²) in [7, 11) is 0. The van der Waals surface area contributed by atoms with E-state index in [0.29, 0.717) is 11.7 Å². The predicted molar refractivity (Wildman–Crippen MR) is 37.8 cm³/mol. The summed E-state index contributed by atoms with van der Waals surface area (Å²) in [6.07, 6.45) is 1.75. The SMILES string of the molecule is NNC(=O)CC1CCS1. The number of amides is 1. The van der Waals surface area contributed by atoms with Crippen LogP contribution in [0.25, 0.3) is 0 Å². The zero-order valence-electron chi connectivity index (χ0n) is 5.09. The van der Waals surface area contributed by atoms with E-state index >= 15 is 0 Å². The lowest BCUT2D eigenvalue weighted by Gasteiger charge is -2.23. The van der Waals surface area contributed by atoms with Gasteiger partial charge in [0.05, 0.1) is 0 Å². The predicted octanol–water partition coefficient (Wildman–Crippen LogP) is -0.128. The molecule has 4 heteroatoms. The zero-order chi connectivity index (χ0) is 6.69. The lowest BCUT2D eigenvalue weighted by molar-refractivity contribution is -0.121. The first-order valence-electron chi connectivity index (χ1n) is 2.94. The Morgan fingerprint density at radius 2 is 2.56 bits per heavy atom. The van der Waals surface area contributed by atoms with Crippen LogP contribution in [-0.2, 0) is 4.79 Å². The second-order valence-corrected chi connectivity index (χ2v) is 3.46. The minimum atomic E-state index is -0.0489. The molecule has 1 rings (SSSR count). The van der Waals surface area contributed by atoms with Crippen molar-refractivity contribution in [3.63, 3.8) is 0 Å². The number of carbonyl (C=O) groups is 1. The van der Waals surface area contributed by atoms with Crippen molar-refractivity contribution in [2.24, 2.45) is 5.84 Å². The molecule has 0 aromatic rings. The molecule has 0 radical (unpaired) electrons. The van der Waals surface area contributed by atoms with Crippen LogP contribution < -0.4 is 11.3 Å². The molecule has 1 amide bonds. The number of hydrogen-bond donors (Lipinski definition) is 2. The fourth-order valence-corrected chi connectivity index (χ4v) is 1.55. The number of thioether (sulfide) groups is 1.